The monoisotopic (exact) mass is 248 g/mol. The van der Waals surface area contributed by atoms with Crippen molar-refractivity contribution in [1.82, 2.24) is 5.32 Å². The van der Waals surface area contributed by atoms with Gasteiger partial charge < -0.3 is 10.2 Å². The van der Waals surface area contributed by atoms with Crippen LogP contribution >= 0.6 is 0 Å². The maximum absolute atomic E-state index is 3.44. The second-order valence-electron chi connectivity index (χ2n) is 5.20. The van der Waals surface area contributed by atoms with Crippen molar-refractivity contribution in [3.8, 4) is 0 Å². The molecule has 1 aromatic rings. The SMILES string of the molecule is CCCN(c1ccc(C)cc1CNCC)C(C)C. The number of hydrogen-bond donors (Lipinski definition) is 1. The number of rotatable bonds is 7. The Balaban J connectivity index is 3.03. The number of anilines is 1. The second kappa shape index (κ2) is 7.42. The zero-order valence-corrected chi connectivity index (χ0v) is 12.6. The highest BCUT2D eigenvalue weighted by atomic mass is 15.2. The lowest BCUT2D eigenvalue weighted by Gasteiger charge is -2.31. The van der Waals surface area contributed by atoms with Crippen LogP contribution in [-0.2, 0) is 6.54 Å². The Hall–Kier alpha value is -1.02. The van der Waals surface area contributed by atoms with Crippen LogP contribution < -0.4 is 10.2 Å². The molecule has 0 saturated carbocycles. The zero-order valence-electron chi connectivity index (χ0n) is 12.6. The predicted octanol–water partition coefficient (Wildman–Crippen LogP) is 3.73. The van der Waals surface area contributed by atoms with Gasteiger partial charge in [-0.2, -0.15) is 0 Å². The average molecular weight is 248 g/mol. The van der Waals surface area contributed by atoms with E-state index in [1.165, 1.54) is 23.2 Å². The quantitative estimate of drug-likeness (QED) is 0.791. The standard InChI is InChI=1S/C16H28N2/c1-6-10-18(13(3)4)16-9-8-14(5)11-15(16)12-17-7-2/h8-9,11,13,17H,6-7,10,12H2,1-5H3. The van der Waals surface area contributed by atoms with Gasteiger partial charge in [-0.05, 0) is 45.4 Å². The van der Waals surface area contributed by atoms with Crippen molar-refractivity contribution in [3.05, 3.63) is 29.3 Å². The highest BCUT2D eigenvalue weighted by Gasteiger charge is 2.13. The summed E-state index contributed by atoms with van der Waals surface area (Å²) < 4.78 is 0. The van der Waals surface area contributed by atoms with Gasteiger partial charge in [0.15, 0.2) is 0 Å². The molecule has 0 amide bonds. The molecule has 0 radical (unpaired) electrons. The van der Waals surface area contributed by atoms with Crippen LogP contribution in [0.25, 0.3) is 0 Å². The molecule has 2 nitrogen and oxygen atoms in total. The van der Waals surface area contributed by atoms with E-state index in [-0.39, 0.29) is 0 Å². The Morgan fingerprint density at radius 2 is 1.94 bits per heavy atom. The van der Waals surface area contributed by atoms with Crippen LogP contribution in [-0.4, -0.2) is 19.1 Å². The Morgan fingerprint density at radius 1 is 1.22 bits per heavy atom. The molecule has 0 atom stereocenters. The van der Waals surface area contributed by atoms with Crippen LogP contribution in [0, 0.1) is 6.92 Å². The molecule has 1 N–H and O–H groups in total. The van der Waals surface area contributed by atoms with E-state index in [1.807, 2.05) is 0 Å². The van der Waals surface area contributed by atoms with E-state index in [0.717, 1.165) is 19.6 Å². The first-order valence-corrected chi connectivity index (χ1v) is 7.17. The minimum Gasteiger partial charge on any atom is -0.369 e. The van der Waals surface area contributed by atoms with E-state index < -0.39 is 0 Å². The van der Waals surface area contributed by atoms with E-state index in [4.69, 9.17) is 0 Å². The van der Waals surface area contributed by atoms with Crippen molar-refractivity contribution in [2.75, 3.05) is 18.0 Å². The molecule has 0 aliphatic carbocycles. The van der Waals surface area contributed by atoms with Crippen molar-refractivity contribution < 1.29 is 0 Å². The number of hydrogen-bond acceptors (Lipinski definition) is 2. The van der Waals surface area contributed by atoms with E-state index in [2.05, 4.69) is 63.0 Å². The molecule has 18 heavy (non-hydrogen) atoms. The molecular weight excluding hydrogens is 220 g/mol. The highest BCUT2D eigenvalue weighted by molar-refractivity contribution is 5.55. The molecule has 0 spiro atoms. The summed E-state index contributed by atoms with van der Waals surface area (Å²) in [5.41, 5.74) is 4.14. The van der Waals surface area contributed by atoms with E-state index >= 15 is 0 Å². The minimum atomic E-state index is 0.549. The van der Waals surface area contributed by atoms with Gasteiger partial charge in [-0.1, -0.05) is 31.5 Å². The molecule has 1 aromatic carbocycles. The molecule has 2 heteroatoms. The van der Waals surface area contributed by atoms with Crippen molar-refractivity contribution in [1.29, 1.82) is 0 Å². The lowest BCUT2D eigenvalue weighted by Crippen LogP contribution is -2.32. The van der Waals surface area contributed by atoms with Crippen molar-refractivity contribution in [2.24, 2.45) is 0 Å². The Labute approximate surface area is 112 Å². The van der Waals surface area contributed by atoms with Crippen molar-refractivity contribution >= 4 is 5.69 Å². The van der Waals surface area contributed by atoms with Gasteiger partial charge in [0.2, 0.25) is 0 Å². The van der Waals surface area contributed by atoms with Gasteiger partial charge in [0.25, 0.3) is 0 Å². The molecule has 0 fully saturated rings. The first-order valence-electron chi connectivity index (χ1n) is 7.17. The van der Waals surface area contributed by atoms with Crippen LogP contribution in [0.2, 0.25) is 0 Å². The fourth-order valence-electron chi connectivity index (χ4n) is 2.29. The molecule has 0 heterocycles. The third-order valence-electron chi connectivity index (χ3n) is 3.20. The summed E-state index contributed by atoms with van der Waals surface area (Å²) in [6.07, 6.45) is 1.19. The zero-order chi connectivity index (χ0) is 13.5. The molecule has 0 aromatic heterocycles. The normalized spacial score (nSPS) is 11.0. The predicted molar refractivity (Wildman–Crippen MR) is 81.3 cm³/mol. The summed E-state index contributed by atoms with van der Waals surface area (Å²) in [7, 11) is 0. The number of nitrogens with zero attached hydrogens (tertiary/aromatic N) is 1. The summed E-state index contributed by atoms with van der Waals surface area (Å²) in [5, 5.41) is 3.44. The second-order valence-corrected chi connectivity index (χ2v) is 5.20. The summed E-state index contributed by atoms with van der Waals surface area (Å²) >= 11 is 0. The molecule has 1 rings (SSSR count). The van der Waals surface area contributed by atoms with Crippen LogP contribution in [0.4, 0.5) is 5.69 Å². The first-order chi connectivity index (χ1) is 8.60. The number of aryl methyl sites for hydroxylation is 1. The molecule has 0 bridgehead atoms. The van der Waals surface area contributed by atoms with Crippen molar-refractivity contribution in [3.63, 3.8) is 0 Å². The van der Waals surface area contributed by atoms with Gasteiger partial charge in [-0.25, -0.2) is 0 Å². The van der Waals surface area contributed by atoms with E-state index in [0.29, 0.717) is 6.04 Å². The Kier molecular flexibility index (Phi) is 6.20. The Morgan fingerprint density at radius 3 is 2.50 bits per heavy atom. The highest BCUT2D eigenvalue weighted by Crippen LogP contribution is 2.24. The maximum Gasteiger partial charge on any atom is 0.0414 e. The van der Waals surface area contributed by atoms with Gasteiger partial charge in [-0.3, -0.25) is 0 Å². The molecule has 102 valence electrons. The van der Waals surface area contributed by atoms with Gasteiger partial charge in [0.1, 0.15) is 0 Å². The molecular formula is C16H28N2. The van der Waals surface area contributed by atoms with Gasteiger partial charge in [0, 0.05) is 24.8 Å². The van der Waals surface area contributed by atoms with Crippen LogP contribution in [0.3, 0.4) is 0 Å². The Bertz CT molecular complexity index is 358. The lowest BCUT2D eigenvalue weighted by atomic mass is 10.1. The largest absolute Gasteiger partial charge is 0.369 e. The van der Waals surface area contributed by atoms with Gasteiger partial charge in [0.05, 0.1) is 0 Å². The summed E-state index contributed by atoms with van der Waals surface area (Å²) in [5.74, 6) is 0. The van der Waals surface area contributed by atoms with Crippen molar-refractivity contribution in [2.45, 2.75) is 53.6 Å². The van der Waals surface area contributed by atoms with Gasteiger partial charge in [-0.15, -0.1) is 0 Å². The average Bonchev–Trinajstić information content (AvgIpc) is 2.34. The fourth-order valence-corrected chi connectivity index (χ4v) is 2.29. The van der Waals surface area contributed by atoms with Crippen LogP contribution in [0.15, 0.2) is 18.2 Å². The van der Waals surface area contributed by atoms with Gasteiger partial charge >= 0.3 is 0 Å². The van der Waals surface area contributed by atoms with Crippen LogP contribution in [0.1, 0.15) is 45.2 Å². The maximum atomic E-state index is 3.44. The molecule has 0 unspecified atom stereocenters. The third kappa shape index (κ3) is 4.02. The van der Waals surface area contributed by atoms with E-state index in [9.17, 15) is 0 Å². The molecule has 0 saturated heterocycles. The topological polar surface area (TPSA) is 15.3 Å². The molecule has 0 aliphatic rings. The lowest BCUT2D eigenvalue weighted by molar-refractivity contribution is 0.659. The summed E-state index contributed by atoms with van der Waals surface area (Å²) in [4.78, 5) is 2.51. The first kappa shape index (κ1) is 15.0. The third-order valence-corrected chi connectivity index (χ3v) is 3.20. The number of benzene rings is 1. The van der Waals surface area contributed by atoms with Crippen LogP contribution in [0.5, 0.6) is 0 Å². The summed E-state index contributed by atoms with van der Waals surface area (Å²) in [6.45, 7) is 14.2. The smallest absolute Gasteiger partial charge is 0.0414 e. The van der Waals surface area contributed by atoms with E-state index in [1.54, 1.807) is 0 Å². The fraction of sp³-hybridized carbons (Fsp3) is 0.625. The molecule has 0 aliphatic heterocycles. The minimum absolute atomic E-state index is 0.549. The summed E-state index contributed by atoms with van der Waals surface area (Å²) in [6, 6.07) is 7.35. The number of nitrogens with one attached hydrogen (secondary N) is 1.